The zero-order valence-corrected chi connectivity index (χ0v) is 11.7. The van der Waals surface area contributed by atoms with Gasteiger partial charge in [0.25, 0.3) is 0 Å². The van der Waals surface area contributed by atoms with Crippen LogP contribution in [0.5, 0.6) is 0 Å². The Balaban J connectivity index is 2.82. The average molecular weight is 262 g/mol. The third kappa shape index (κ3) is 5.42. The van der Waals surface area contributed by atoms with Gasteiger partial charge in [-0.25, -0.2) is 0 Å². The Labute approximate surface area is 113 Å². The van der Waals surface area contributed by atoms with Gasteiger partial charge in [-0.05, 0) is 30.3 Å². The molecule has 0 heterocycles. The summed E-state index contributed by atoms with van der Waals surface area (Å²) >= 11 is 0. The first-order valence-corrected chi connectivity index (χ1v) is 6.15. The van der Waals surface area contributed by atoms with Crippen LogP contribution in [-0.2, 0) is 0 Å². The quantitative estimate of drug-likeness (QED) is 0.370. The van der Waals surface area contributed by atoms with E-state index in [9.17, 15) is 10.1 Å². The monoisotopic (exact) mass is 262 g/mol. The van der Waals surface area contributed by atoms with Gasteiger partial charge in [-0.15, -0.1) is 4.92 Å². The van der Waals surface area contributed by atoms with Gasteiger partial charge in [-0.2, -0.15) is 0 Å². The average Bonchev–Trinajstić information content (AvgIpc) is 2.28. The van der Waals surface area contributed by atoms with E-state index in [2.05, 4.69) is 37.6 Å². The van der Waals surface area contributed by atoms with E-state index < -0.39 is 4.92 Å². The number of hydrogen-bond acceptors (Lipinski definition) is 4. The van der Waals surface area contributed by atoms with E-state index in [0.717, 1.165) is 5.69 Å². The van der Waals surface area contributed by atoms with Crippen LogP contribution in [0.1, 0.15) is 27.7 Å². The van der Waals surface area contributed by atoms with Crippen molar-refractivity contribution in [2.24, 2.45) is 5.41 Å². The van der Waals surface area contributed by atoms with E-state index in [1.165, 1.54) is 0 Å². The van der Waals surface area contributed by atoms with Crippen molar-refractivity contribution in [3.63, 3.8) is 0 Å². The molecule has 1 aromatic rings. The molecule has 1 atom stereocenters. The molecule has 0 saturated carbocycles. The molecule has 0 amide bonds. The van der Waals surface area contributed by atoms with Crippen LogP contribution < -0.4 is 10.6 Å². The van der Waals surface area contributed by atoms with E-state index in [4.69, 9.17) is 0 Å². The maximum absolute atomic E-state index is 10.6. The second-order valence-corrected chi connectivity index (χ2v) is 5.47. The summed E-state index contributed by atoms with van der Waals surface area (Å²) in [6.45, 7) is 8.18. The van der Waals surface area contributed by atoms with Gasteiger partial charge in [0, 0.05) is 11.7 Å². The van der Waals surface area contributed by atoms with E-state index in [0.29, 0.717) is 0 Å². The molecule has 0 saturated heterocycles. The van der Waals surface area contributed by atoms with Crippen molar-refractivity contribution in [3.05, 3.63) is 52.5 Å². The number of benzene rings is 1. The highest BCUT2D eigenvalue weighted by atomic mass is 16.6. The first-order valence-electron chi connectivity index (χ1n) is 6.15. The summed E-state index contributed by atoms with van der Waals surface area (Å²) in [4.78, 5) is 10.0. The van der Waals surface area contributed by atoms with Crippen LogP contribution in [0.4, 0.5) is 5.69 Å². The second kappa shape index (κ2) is 6.22. The molecule has 0 fully saturated rings. The second-order valence-electron chi connectivity index (χ2n) is 5.47. The number of rotatable bonds is 5. The Kier molecular flexibility index (Phi) is 4.92. The summed E-state index contributed by atoms with van der Waals surface area (Å²) in [6.07, 6.45) is 2.15. The molecule has 0 bridgehead atoms. The standard InChI is InChI=1S/C14H20N3O2/c1-11(14(2,3)4)15-13(10-17(18)19)16-12-8-6-5-7-9-12/h5-9,11,15-16H,1-4H3/q-1. The molecule has 1 rings (SSSR count). The maximum atomic E-state index is 10.6. The minimum Gasteiger partial charge on any atom is -0.394 e. The molecule has 0 aliphatic heterocycles. The van der Waals surface area contributed by atoms with E-state index in [1.54, 1.807) is 0 Å². The highest BCUT2D eigenvalue weighted by Gasteiger charge is 2.19. The number of hydrogen-bond donors (Lipinski definition) is 2. The maximum Gasteiger partial charge on any atom is 0.0373 e. The Morgan fingerprint density at radius 3 is 2.37 bits per heavy atom. The topological polar surface area (TPSA) is 67.2 Å². The van der Waals surface area contributed by atoms with Gasteiger partial charge in [0.2, 0.25) is 0 Å². The molecule has 0 spiro atoms. The highest BCUT2D eigenvalue weighted by molar-refractivity contribution is 5.46. The van der Waals surface area contributed by atoms with Gasteiger partial charge in [-0.3, -0.25) is 10.1 Å². The van der Waals surface area contributed by atoms with E-state index >= 15 is 0 Å². The summed E-state index contributed by atoms with van der Waals surface area (Å²) in [7, 11) is 0. The SMILES string of the molecule is CC(NC(=[C-][N+](=O)[O-])Nc1ccccc1)C(C)(C)C. The first kappa shape index (κ1) is 15.0. The number of para-hydroxylation sites is 1. The van der Waals surface area contributed by atoms with Crippen molar-refractivity contribution in [1.29, 1.82) is 0 Å². The lowest BCUT2D eigenvalue weighted by atomic mass is 9.88. The van der Waals surface area contributed by atoms with Crippen molar-refractivity contribution in [2.75, 3.05) is 5.32 Å². The number of nitrogens with one attached hydrogen (secondary N) is 2. The molecule has 1 unspecified atom stereocenters. The molecule has 2 N–H and O–H groups in total. The van der Waals surface area contributed by atoms with E-state index in [1.807, 2.05) is 37.3 Å². The Morgan fingerprint density at radius 1 is 1.32 bits per heavy atom. The van der Waals surface area contributed by atoms with Crippen molar-refractivity contribution in [1.82, 2.24) is 5.32 Å². The van der Waals surface area contributed by atoms with Crippen LogP contribution in [-0.4, -0.2) is 11.0 Å². The Bertz CT molecular complexity index is 450. The summed E-state index contributed by atoms with van der Waals surface area (Å²) in [6, 6.07) is 9.34. The summed E-state index contributed by atoms with van der Waals surface area (Å²) in [5, 5.41) is 16.7. The van der Waals surface area contributed by atoms with Crippen molar-refractivity contribution < 1.29 is 4.92 Å². The fourth-order valence-corrected chi connectivity index (χ4v) is 1.29. The number of nitrogens with zero attached hydrogens (tertiary/aromatic N) is 1. The van der Waals surface area contributed by atoms with Crippen LogP contribution in [0.25, 0.3) is 0 Å². The fourth-order valence-electron chi connectivity index (χ4n) is 1.29. The Hall–Kier alpha value is -2.04. The van der Waals surface area contributed by atoms with Crippen LogP contribution in [0.3, 0.4) is 0 Å². The normalized spacial score (nSPS) is 13.8. The first-order chi connectivity index (χ1) is 8.79. The lowest BCUT2D eigenvalue weighted by Crippen LogP contribution is -2.39. The molecule has 5 nitrogen and oxygen atoms in total. The molecule has 0 aliphatic rings. The zero-order chi connectivity index (χ0) is 14.5. The molecule has 0 aliphatic carbocycles. The number of anilines is 1. The minimum absolute atomic E-state index is 0.0120. The molecule has 0 aromatic heterocycles. The van der Waals surface area contributed by atoms with Gasteiger partial charge in [-0.1, -0.05) is 45.2 Å². The van der Waals surface area contributed by atoms with E-state index in [-0.39, 0.29) is 17.3 Å². The minimum atomic E-state index is -0.590. The van der Waals surface area contributed by atoms with Crippen molar-refractivity contribution in [2.45, 2.75) is 33.7 Å². The predicted octanol–water partition coefficient (Wildman–Crippen LogP) is 3.00. The zero-order valence-electron chi connectivity index (χ0n) is 11.7. The molecule has 5 heteroatoms. The van der Waals surface area contributed by atoms with Gasteiger partial charge < -0.3 is 10.6 Å². The number of nitro groups is 1. The largest absolute Gasteiger partial charge is 0.394 e. The van der Waals surface area contributed by atoms with Crippen LogP contribution >= 0.6 is 0 Å². The fraction of sp³-hybridized carbons (Fsp3) is 0.429. The van der Waals surface area contributed by atoms with Crippen LogP contribution in [0.2, 0.25) is 0 Å². The molecule has 1 aromatic carbocycles. The molecule has 19 heavy (non-hydrogen) atoms. The van der Waals surface area contributed by atoms with Crippen LogP contribution in [0, 0.1) is 21.7 Å². The lowest BCUT2D eigenvalue weighted by Gasteiger charge is -2.32. The third-order valence-corrected chi connectivity index (χ3v) is 2.91. The Morgan fingerprint density at radius 2 is 1.89 bits per heavy atom. The summed E-state index contributed by atoms with van der Waals surface area (Å²) in [5.74, 6) is 0.263. The van der Waals surface area contributed by atoms with Gasteiger partial charge in [0.1, 0.15) is 0 Å². The highest BCUT2D eigenvalue weighted by Crippen LogP contribution is 2.20. The molecular weight excluding hydrogens is 242 g/mol. The van der Waals surface area contributed by atoms with Gasteiger partial charge in [0.15, 0.2) is 0 Å². The third-order valence-electron chi connectivity index (χ3n) is 2.91. The van der Waals surface area contributed by atoms with Crippen molar-refractivity contribution in [3.8, 4) is 0 Å². The summed E-state index contributed by atoms with van der Waals surface area (Å²) < 4.78 is 0. The molecule has 0 radical (unpaired) electrons. The van der Waals surface area contributed by atoms with Crippen LogP contribution in [0.15, 0.2) is 36.2 Å². The predicted molar refractivity (Wildman–Crippen MR) is 75.9 cm³/mol. The molecule has 104 valence electrons. The van der Waals surface area contributed by atoms with Crippen molar-refractivity contribution >= 4 is 5.69 Å². The van der Waals surface area contributed by atoms with Gasteiger partial charge in [0.05, 0.1) is 0 Å². The summed E-state index contributed by atoms with van der Waals surface area (Å²) in [5.41, 5.74) is 0.766. The molecular formula is C14H20N3O2-. The van der Waals surface area contributed by atoms with Gasteiger partial charge >= 0.3 is 0 Å². The lowest BCUT2D eigenvalue weighted by molar-refractivity contribution is -0.421. The smallest absolute Gasteiger partial charge is 0.0373 e.